The highest BCUT2D eigenvalue weighted by atomic mass is 16.5. The molecule has 2 heterocycles. The van der Waals surface area contributed by atoms with Crippen molar-refractivity contribution in [2.75, 3.05) is 44.2 Å². The van der Waals surface area contributed by atoms with Gasteiger partial charge in [-0.05, 0) is 36.8 Å². The highest BCUT2D eigenvalue weighted by Crippen LogP contribution is 2.27. The number of amides is 2. The molecule has 0 saturated carbocycles. The number of hydrogen-bond acceptors (Lipinski definition) is 6. The molecule has 2 aliphatic heterocycles. The molecule has 0 radical (unpaired) electrons. The standard InChI is InChI=1S/C26H29N3O4/c1-2-33-26(32)21-10-12-22(13-11-21)29-24(30)19-23(25(29)31)28-17-15-27(16-18-28)14-6-9-20-7-4-3-5-8-20/h3-13,23H,2,14-19H2,1H3/b9-6+/t23-/m1/s1. The average molecular weight is 448 g/mol. The molecule has 0 aromatic heterocycles. The van der Waals surface area contributed by atoms with E-state index in [4.69, 9.17) is 4.74 Å². The third-order valence-electron chi connectivity index (χ3n) is 6.08. The van der Waals surface area contributed by atoms with Crippen molar-refractivity contribution in [1.82, 2.24) is 9.80 Å². The molecule has 2 fully saturated rings. The maximum atomic E-state index is 13.1. The van der Waals surface area contributed by atoms with Gasteiger partial charge in [0.05, 0.1) is 30.3 Å². The molecule has 0 spiro atoms. The summed E-state index contributed by atoms with van der Waals surface area (Å²) in [5.41, 5.74) is 2.07. The van der Waals surface area contributed by atoms with Crippen LogP contribution in [0.3, 0.4) is 0 Å². The quantitative estimate of drug-likeness (QED) is 0.480. The van der Waals surface area contributed by atoms with E-state index in [1.807, 2.05) is 18.2 Å². The first kappa shape index (κ1) is 22.9. The number of nitrogens with zero attached hydrogens (tertiary/aromatic N) is 3. The van der Waals surface area contributed by atoms with E-state index < -0.39 is 12.0 Å². The lowest BCUT2D eigenvalue weighted by molar-refractivity contribution is -0.123. The molecule has 7 heteroatoms. The summed E-state index contributed by atoms with van der Waals surface area (Å²) in [6.45, 7) is 6.10. The van der Waals surface area contributed by atoms with E-state index in [0.717, 1.165) is 32.7 Å². The summed E-state index contributed by atoms with van der Waals surface area (Å²) >= 11 is 0. The minimum Gasteiger partial charge on any atom is -0.462 e. The van der Waals surface area contributed by atoms with Gasteiger partial charge in [0.1, 0.15) is 0 Å². The zero-order chi connectivity index (χ0) is 23.2. The summed E-state index contributed by atoms with van der Waals surface area (Å²) in [5.74, 6) is -0.819. The molecule has 0 aliphatic carbocycles. The van der Waals surface area contributed by atoms with Crippen LogP contribution in [0.5, 0.6) is 0 Å². The largest absolute Gasteiger partial charge is 0.462 e. The van der Waals surface area contributed by atoms with Crippen LogP contribution in [0.2, 0.25) is 0 Å². The SMILES string of the molecule is CCOC(=O)c1ccc(N2C(=O)C[C@@H](N3CCN(C/C=C/c4ccccc4)CC3)C2=O)cc1. The summed E-state index contributed by atoms with van der Waals surface area (Å²) in [6.07, 6.45) is 4.47. The second-order valence-corrected chi connectivity index (χ2v) is 8.20. The van der Waals surface area contributed by atoms with E-state index in [1.165, 1.54) is 10.5 Å². The number of hydrogen-bond donors (Lipinski definition) is 0. The Kier molecular flexibility index (Phi) is 7.32. The zero-order valence-electron chi connectivity index (χ0n) is 18.9. The second-order valence-electron chi connectivity index (χ2n) is 8.20. The number of carbonyl (C=O) groups is 3. The van der Waals surface area contributed by atoms with Crippen molar-refractivity contribution in [3.63, 3.8) is 0 Å². The number of anilines is 1. The van der Waals surface area contributed by atoms with Crippen LogP contribution in [0.1, 0.15) is 29.3 Å². The van der Waals surface area contributed by atoms with Gasteiger partial charge in [-0.2, -0.15) is 0 Å². The van der Waals surface area contributed by atoms with Crippen LogP contribution in [0.15, 0.2) is 60.7 Å². The van der Waals surface area contributed by atoms with Gasteiger partial charge in [0.25, 0.3) is 5.91 Å². The lowest BCUT2D eigenvalue weighted by Crippen LogP contribution is -2.52. The van der Waals surface area contributed by atoms with Gasteiger partial charge >= 0.3 is 5.97 Å². The Morgan fingerprint density at radius 2 is 1.70 bits per heavy atom. The van der Waals surface area contributed by atoms with Gasteiger partial charge in [-0.25, -0.2) is 9.69 Å². The van der Waals surface area contributed by atoms with Crippen LogP contribution in [0.25, 0.3) is 6.08 Å². The van der Waals surface area contributed by atoms with Crippen molar-refractivity contribution < 1.29 is 19.1 Å². The van der Waals surface area contributed by atoms with Gasteiger partial charge in [-0.1, -0.05) is 42.5 Å². The Hall–Kier alpha value is -3.29. The van der Waals surface area contributed by atoms with Crippen molar-refractivity contribution >= 4 is 29.5 Å². The minimum atomic E-state index is -0.427. The van der Waals surface area contributed by atoms with Crippen LogP contribution in [-0.2, 0) is 14.3 Å². The van der Waals surface area contributed by atoms with E-state index in [-0.39, 0.29) is 18.2 Å². The Balaban J connectivity index is 1.32. The molecule has 2 aromatic carbocycles. The van der Waals surface area contributed by atoms with Crippen molar-refractivity contribution in [2.24, 2.45) is 0 Å². The number of ether oxygens (including phenoxy) is 1. The van der Waals surface area contributed by atoms with Gasteiger partial charge in [-0.15, -0.1) is 0 Å². The molecule has 33 heavy (non-hydrogen) atoms. The Morgan fingerprint density at radius 3 is 2.36 bits per heavy atom. The summed E-state index contributed by atoms with van der Waals surface area (Å²) < 4.78 is 4.99. The van der Waals surface area contributed by atoms with E-state index in [2.05, 4.69) is 34.1 Å². The molecule has 172 valence electrons. The lowest BCUT2D eigenvalue weighted by atomic mass is 10.1. The van der Waals surface area contributed by atoms with Crippen LogP contribution < -0.4 is 4.90 Å². The number of carbonyl (C=O) groups excluding carboxylic acids is 3. The fourth-order valence-corrected chi connectivity index (χ4v) is 4.29. The number of esters is 1. The van der Waals surface area contributed by atoms with Gasteiger partial charge < -0.3 is 4.74 Å². The Labute approximate surface area is 194 Å². The summed E-state index contributed by atoms with van der Waals surface area (Å²) in [6, 6.07) is 16.2. The van der Waals surface area contributed by atoms with Crippen LogP contribution in [-0.4, -0.2) is 73.0 Å². The molecule has 2 saturated heterocycles. The fraction of sp³-hybridized carbons (Fsp3) is 0.346. The molecule has 0 unspecified atom stereocenters. The Morgan fingerprint density at radius 1 is 1.00 bits per heavy atom. The average Bonchev–Trinajstić information content (AvgIpc) is 3.14. The maximum absolute atomic E-state index is 13.1. The predicted octanol–water partition coefficient (Wildman–Crippen LogP) is 2.83. The smallest absolute Gasteiger partial charge is 0.338 e. The second kappa shape index (κ2) is 10.6. The number of benzene rings is 2. The van der Waals surface area contributed by atoms with Gasteiger partial charge in [0.15, 0.2) is 0 Å². The lowest BCUT2D eigenvalue weighted by Gasteiger charge is -2.36. The zero-order valence-corrected chi connectivity index (χ0v) is 18.9. The molecule has 4 rings (SSSR count). The third kappa shape index (κ3) is 5.38. The van der Waals surface area contributed by atoms with E-state index in [0.29, 0.717) is 17.9 Å². The summed E-state index contributed by atoms with van der Waals surface area (Å²) in [5, 5.41) is 0. The molecular weight excluding hydrogens is 418 g/mol. The number of imide groups is 1. The molecule has 1 atom stereocenters. The summed E-state index contributed by atoms with van der Waals surface area (Å²) in [7, 11) is 0. The first-order chi connectivity index (χ1) is 16.1. The van der Waals surface area contributed by atoms with E-state index >= 15 is 0 Å². The maximum Gasteiger partial charge on any atom is 0.338 e. The topological polar surface area (TPSA) is 70.2 Å². The minimum absolute atomic E-state index is 0.187. The number of piperazine rings is 1. The van der Waals surface area contributed by atoms with E-state index in [9.17, 15) is 14.4 Å². The third-order valence-corrected chi connectivity index (χ3v) is 6.08. The van der Waals surface area contributed by atoms with Crippen molar-refractivity contribution in [3.8, 4) is 0 Å². The predicted molar refractivity (Wildman–Crippen MR) is 127 cm³/mol. The fourth-order valence-electron chi connectivity index (χ4n) is 4.29. The van der Waals surface area contributed by atoms with Gasteiger partial charge in [-0.3, -0.25) is 19.4 Å². The van der Waals surface area contributed by atoms with Crippen LogP contribution in [0, 0.1) is 0 Å². The summed E-state index contributed by atoms with van der Waals surface area (Å²) in [4.78, 5) is 43.3. The molecule has 2 amide bonds. The van der Waals surface area contributed by atoms with Gasteiger partial charge in [0.2, 0.25) is 5.91 Å². The molecule has 0 bridgehead atoms. The molecular formula is C26H29N3O4. The molecule has 2 aromatic rings. The van der Waals surface area contributed by atoms with Crippen LogP contribution in [0.4, 0.5) is 5.69 Å². The van der Waals surface area contributed by atoms with Gasteiger partial charge in [0, 0.05) is 32.7 Å². The monoisotopic (exact) mass is 447 g/mol. The van der Waals surface area contributed by atoms with Crippen molar-refractivity contribution in [3.05, 3.63) is 71.8 Å². The first-order valence-electron chi connectivity index (χ1n) is 11.4. The highest BCUT2D eigenvalue weighted by Gasteiger charge is 2.43. The van der Waals surface area contributed by atoms with Crippen molar-refractivity contribution in [2.45, 2.75) is 19.4 Å². The highest BCUT2D eigenvalue weighted by molar-refractivity contribution is 6.22. The van der Waals surface area contributed by atoms with Crippen molar-refractivity contribution in [1.29, 1.82) is 0 Å². The normalized spacial score (nSPS) is 20.0. The van der Waals surface area contributed by atoms with E-state index in [1.54, 1.807) is 31.2 Å². The number of rotatable bonds is 7. The van der Waals surface area contributed by atoms with Crippen LogP contribution >= 0.6 is 0 Å². The Bertz CT molecular complexity index is 1010. The first-order valence-corrected chi connectivity index (χ1v) is 11.4. The molecule has 0 N–H and O–H groups in total. The molecule has 2 aliphatic rings. The molecule has 7 nitrogen and oxygen atoms in total.